The molecule has 1 saturated heterocycles. The van der Waals surface area contributed by atoms with Crippen LogP contribution in [0.1, 0.15) is 37.3 Å². The molecule has 0 radical (unpaired) electrons. The number of H-pyrrole nitrogens is 1. The Kier molecular flexibility index (Phi) is 4.65. The number of nitrogens with zero attached hydrogens (tertiary/aromatic N) is 3. The second-order valence-corrected chi connectivity index (χ2v) is 8.23. The number of nitrogens with one attached hydrogen (secondary N) is 1. The molecule has 2 fully saturated rings. The summed E-state index contributed by atoms with van der Waals surface area (Å²) in [7, 11) is 0. The molecule has 146 valence electrons. The molecular weight excluding hydrogens is 348 g/mol. The molecule has 2 aromatic carbocycles. The molecule has 1 aromatic heterocycles. The summed E-state index contributed by atoms with van der Waals surface area (Å²) in [5.74, 6) is 0.955. The first-order valence-corrected chi connectivity index (χ1v) is 10.5. The van der Waals surface area contributed by atoms with Gasteiger partial charge in [-0.3, -0.25) is 4.90 Å². The molecule has 28 heavy (non-hydrogen) atoms. The zero-order valence-electron chi connectivity index (χ0n) is 16.5. The molecule has 0 amide bonds. The molecule has 5 heteroatoms. The number of hydrogen-bond acceptors (Lipinski definition) is 4. The van der Waals surface area contributed by atoms with Crippen LogP contribution in [0.25, 0.3) is 11.0 Å². The predicted octanol–water partition coefficient (Wildman–Crippen LogP) is 4.12. The van der Waals surface area contributed by atoms with Crippen molar-refractivity contribution >= 4 is 11.0 Å². The third kappa shape index (κ3) is 2.85. The highest BCUT2D eigenvalue weighted by molar-refractivity contribution is 5.78. The summed E-state index contributed by atoms with van der Waals surface area (Å²) in [6.45, 7) is 6.00. The molecule has 1 saturated carbocycles. The van der Waals surface area contributed by atoms with E-state index in [0.29, 0.717) is 11.8 Å². The molecule has 3 aromatic rings. The largest absolute Gasteiger partial charge is 0.370 e. The van der Waals surface area contributed by atoms with Crippen molar-refractivity contribution in [3.63, 3.8) is 0 Å². The average Bonchev–Trinajstić information content (AvgIpc) is 3.18. The fourth-order valence-electron chi connectivity index (χ4n) is 5.67. The Hall–Kier alpha value is -2.24. The van der Waals surface area contributed by atoms with Crippen molar-refractivity contribution in [2.75, 3.05) is 19.7 Å². The van der Waals surface area contributed by atoms with Crippen LogP contribution in [-0.2, 0) is 16.9 Å². The van der Waals surface area contributed by atoms with E-state index in [-0.39, 0.29) is 5.60 Å². The third-order valence-electron chi connectivity index (χ3n) is 6.68. The molecule has 1 N–H and O–H groups in total. The van der Waals surface area contributed by atoms with Crippen LogP contribution in [0, 0.1) is 11.8 Å². The van der Waals surface area contributed by atoms with Gasteiger partial charge in [0.1, 0.15) is 16.6 Å². The van der Waals surface area contributed by atoms with E-state index in [1.165, 1.54) is 30.4 Å². The monoisotopic (exact) mass is 376 g/mol. The molecule has 1 aliphatic heterocycles. The molecule has 2 aliphatic rings. The van der Waals surface area contributed by atoms with Crippen LogP contribution in [0.2, 0.25) is 0 Å². The summed E-state index contributed by atoms with van der Waals surface area (Å²) in [4.78, 5) is 2.63. The van der Waals surface area contributed by atoms with E-state index >= 15 is 0 Å². The number of ether oxygens (including phenoxy) is 1. The lowest BCUT2D eigenvalue weighted by Gasteiger charge is -2.55. The van der Waals surface area contributed by atoms with Crippen LogP contribution < -0.4 is 0 Å². The number of fused-ring (bicyclic) bond motifs is 3. The topological polar surface area (TPSA) is 54.0 Å². The van der Waals surface area contributed by atoms with Crippen LogP contribution in [0.5, 0.6) is 0 Å². The van der Waals surface area contributed by atoms with Gasteiger partial charge >= 0.3 is 0 Å². The van der Waals surface area contributed by atoms with Crippen LogP contribution in [0.3, 0.4) is 0 Å². The van der Waals surface area contributed by atoms with Crippen molar-refractivity contribution in [1.29, 1.82) is 0 Å². The SMILES string of the molecule is CCOC1(c2cccc3n[nH]nc23)C2CCCC1CN(Cc1ccccc1)C2. The Morgan fingerprint density at radius 2 is 1.82 bits per heavy atom. The Labute approximate surface area is 166 Å². The minimum Gasteiger partial charge on any atom is -0.370 e. The summed E-state index contributed by atoms with van der Waals surface area (Å²) in [5, 5.41) is 11.7. The van der Waals surface area contributed by atoms with Gasteiger partial charge in [0, 0.05) is 43.6 Å². The number of aromatic amines is 1. The molecule has 5 rings (SSSR count). The van der Waals surface area contributed by atoms with Crippen molar-refractivity contribution in [3.05, 3.63) is 59.7 Å². The Morgan fingerprint density at radius 3 is 2.57 bits per heavy atom. The molecule has 2 atom stereocenters. The minimum absolute atomic E-state index is 0.253. The van der Waals surface area contributed by atoms with Crippen LogP contribution >= 0.6 is 0 Å². The molecule has 0 spiro atoms. The second-order valence-electron chi connectivity index (χ2n) is 8.23. The summed E-state index contributed by atoms with van der Waals surface area (Å²) in [6, 6.07) is 17.2. The minimum atomic E-state index is -0.253. The lowest BCUT2D eigenvalue weighted by molar-refractivity contribution is -0.183. The van der Waals surface area contributed by atoms with Crippen molar-refractivity contribution in [3.8, 4) is 0 Å². The Bertz CT molecular complexity index is 924. The summed E-state index contributed by atoms with van der Waals surface area (Å²) in [6.07, 6.45) is 3.70. The van der Waals surface area contributed by atoms with E-state index in [2.05, 4.69) is 69.7 Å². The second kappa shape index (κ2) is 7.30. The molecule has 2 heterocycles. The lowest BCUT2D eigenvalue weighted by atomic mass is 9.62. The first-order valence-electron chi connectivity index (χ1n) is 10.5. The smallest absolute Gasteiger partial charge is 0.119 e. The summed E-state index contributed by atoms with van der Waals surface area (Å²) in [5.41, 5.74) is 4.28. The van der Waals surface area contributed by atoms with Gasteiger partial charge in [0.05, 0.1) is 0 Å². The van der Waals surface area contributed by atoms with Gasteiger partial charge in [-0.25, -0.2) is 0 Å². The van der Waals surface area contributed by atoms with Gasteiger partial charge in [-0.1, -0.05) is 48.9 Å². The fourth-order valence-corrected chi connectivity index (χ4v) is 5.67. The Balaban J connectivity index is 1.53. The van der Waals surface area contributed by atoms with Crippen LogP contribution in [0.4, 0.5) is 0 Å². The maximum atomic E-state index is 6.69. The third-order valence-corrected chi connectivity index (χ3v) is 6.68. The highest BCUT2D eigenvalue weighted by Gasteiger charge is 2.54. The lowest BCUT2D eigenvalue weighted by Crippen LogP contribution is -2.59. The normalized spacial score (nSPS) is 27.9. The van der Waals surface area contributed by atoms with Gasteiger partial charge in [0.2, 0.25) is 0 Å². The zero-order valence-corrected chi connectivity index (χ0v) is 16.5. The predicted molar refractivity (Wildman–Crippen MR) is 110 cm³/mol. The molecule has 5 nitrogen and oxygen atoms in total. The molecule has 2 unspecified atom stereocenters. The van der Waals surface area contributed by atoms with Gasteiger partial charge in [-0.05, 0) is 31.4 Å². The number of aromatic nitrogens is 3. The molecule has 2 bridgehead atoms. The van der Waals surface area contributed by atoms with E-state index in [9.17, 15) is 0 Å². The quantitative estimate of drug-likeness (QED) is 0.728. The maximum Gasteiger partial charge on any atom is 0.119 e. The van der Waals surface area contributed by atoms with E-state index in [1.807, 2.05) is 6.07 Å². The van der Waals surface area contributed by atoms with Gasteiger partial charge in [-0.2, -0.15) is 15.4 Å². The number of benzene rings is 2. The molecular formula is C23H28N4O. The maximum absolute atomic E-state index is 6.69. The number of para-hydroxylation sites is 1. The number of rotatable bonds is 5. The van der Waals surface area contributed by atoms with Crippen molar-refractivity contribution in [2.24, 2.45) is 11.8 Å². The summed E-state index contributed by atoms with van der Waals surface area (Å²) >= 11 is 0. The highest BCUT2D eigenvalue weighted by Crippen LogP contribution is 2.53. The van der Waals surface area contributed by atoms with E-state index in [0.717, 1.165) is 37.3 Å². The molecule has 1 aliphatic carbocycles. The van der Waals surface area contributed by atoms with Gasteiger partial charge in [-0.15, -0.1) is 0 Å². The van der Waals surface area contributed by atoms with Crippen LogP contribution in [-0.4, -0.2) is 40.0 Å². The highest BCUT2D eigenvalue weighted by atomic mass is 16.5. The number of piperidine rings is 1. The Morgan fingerprint density at radius 1 is 1.04 bits per heavy atom. The van der Waals surface area contributed by atoms with E-state index in [4.69, 9.17) is 4.74 Å². The average molecular weight is 377 g/mol. The van der Waals surface area contributed by atoms with E-state index < -0.39 is 0 Å². The van der Waals surface area contributed by atoms with E-state index in [1.54, 1.807) is 0 Å². The summed E-state index contributed by atoms with van der Waals surface area (Å²) < 4.78 is 6.69. The number of likely N-dealkylation sites (tertiary alicyclic amines) is 1. The van der Waals surface area contributed by atoms with Crippen molar-refractivity contribution < 1.29 is 4.74 Å². The zero-order chi connectivity index (χ0) is 19.0. The van der Waals surface area contributed by atoms with Crippen molar-refractivity contribution in [2.45, 2.75) is 38.3 Å². The van der Waals surface area contributed by atoms with Gasteiger partial charge in [0.25, 0.3) is 0 Å². The first-order chi connectivity index (χ1) is 13.8. The van der Waals surface area contributed by atoms with Gasteiger partial charge in [0.15, 0.2) is 0 Å². The van der Waals surface area contributed by atoms with Crippen molar-refractivity contribution in [1.82, 2.24) is 20.3 Å². The number of hydrogen-bond donors (Lipinski definition) is 1. The van der Waals surface area contributed by atoms with Gasteiger partial charge < -0.3 is 4.74 Å². The first kappa shape index (κ1) is 17.8. The fraction of sp³-hybridized carbons (Fsp3) is 0.478. The standard InChI is InChI=1S/C23H28N4O/c1-2-28-23(20-12-7-13-21-22(20)25-26-24-21)18-10-6-11-19(23)16-27(15-18)14-17-8-4-3-5-9-17/h3-5,7-9,12-13,18-19H,2,6,10-11,14-16H2,1H3,(H,24,25,26). The van der Waals surface area contributed by atoms with Crippen LogP contribution in [0.15, 0.2) is 48.5 Å².